The van der Waals surface area contributed by atoms with E-state index in [1.165, 1.54) is 17.0 Å². The molecule has 1 aliphatic rings. The van der Waals surface area contributed by atoms with E-state index < -0.39 is 15.1 Å². The molecule has 0 bridgehead atoms. The van der Waals surface area contributed by atoms with E-state index in [9.17, 15) is 13.2 Å². The molecular weight excluding hydrogens is 390 g/mol. The molecule has 0 aliphatic carbocycles. The molecule has 1 amide bonds. The standard InChI is InChI=1S/C19H20ClNO5S/c1-25-15-4-6-16(7-5-15)26-13-19(22)21-11-10-18(12-21)27(23,24)17-8-2-14(20)3-9-17/h2-9,18H,10-13H2,1H3. The summed E-state index contributed by atoms with van der Waals surface area (Å²) >= 11 is 5.82. The number of hydrogen-bond donors (Lipinski definition) is 0. The van der Waals surface area contributed by atoms with Crippen LogP contribution in [0.4, 0.5) is 0 Å². The Labute approximate surface area is 163 Å². The molecule has 1 unspecified atom stereocenters. The van der Waals surface area contributed by atoms with Crippen LogP contribution >= 0.6 is 11.6 Å². The van der Waals surface area contributed by atoms with Crippen molar-refractivity contribution in [3.8, 4) is 11.5 Å². The van der Waals surface area contributed by atoms with Crippen molar-refractivity contribution in [2.24, 2.45) is 0 Å². The summed E-state index contributed by atoms with van der Waals surface area (Å²) in [6.07, 6.45) is 0.402. The lowest BCUT2D eigenvalue weighted by molar-refractivity contribution is -0.132. The highest BCUT2D eigenvalue weighted by Crippen LogP contribution is 2.25. The van der Waals surface area contributed by atoms with Crippen molar-refractivity contribution >= 4 is 27.3 Å². The van der Waals surface area contributed by atoms with Gasteiger partial charge in [-0.05, 0) is 55.0 Å². The summed E-state index contributed by atoms with van der Waals surface area (Å²) < 4.78 is 36.0. The van der Waals surface area contributed by atoms with Gasteiger partial charge in [0.05, 0.1) is 17.3 Å². The number of ether oxygens (including phenoxy) is 2. The molecular formula is C19H20ClNO5S. The molecule has 27 heavy (non-hydrogen) atoms. The smallest absolute Gasteiger partial charge is 0.260 e. The fourth-order valence-electron chi connectivity index (χ4n) is 2.93. The summed E-state index contributed by atoms with van der Waals surface area (Å²) in [5.41, 5.74) is 0. The van der Waals surface area contributed by atoms with Crippen LogP contribution in [0.25, 0.3) is 0 Å². The predicted molar refractivity (Wildman–Crippen MR) is 102 cm³/mol. The summed E-state index contributed by atoms with van der Waals surface area (Å²) in [4.78, 5) is 14.1. The van der Waals surface area contributed by atoms with Gasteiger partial charge in [0, 0.05) is 18.1 Å². The fourth-order valence-corrected chi connectivity index (χ4v) is 4.75. The van der Waals surface area contributed by atoms with Crippen molar-refractivity contribution in [1.29, 1.82) is 0 Å². The van der Waals surface area contributed by atoms with Crippen molar-refractivity contribution in [3.63, 3.8) is 0 Å². The third-order valence-electron chi connectivity index (χ3n) is 4.50. The quantitative estimate of drug-likeness (QED) is 0.733. The monoisotopic (exact) mass is 409 g/mol. The highest BCUT2D eigenvalue weighted by molar-refractivity contribution is 7.92. The minimum atomic E-state index is -3.50. The van der Waals surface area contributed by atoms with Gasteiger partial charge in [0.2, 0.25) is 0 Å². The van der Waals surface area contributed by atoms with Gasteiger partial charge in [-0.2, -0.15) is 0 Å². The van der Waals surface area contributed by atoms with E-state index in [1.54, 1.807) is 43.5 Å². The lowest BCUT2D eigenvalue weighted by Crippen LogP contribution is -2.35. The van der Waals surface area contributed by atoms with E-state index >= 15 is 0 Å². The average molecular weight is 410 g/mol. The Bertz CT molecular complexity index is 897. The van der Waals surface area contributed by atoms with Crippen LogP contribution in [0.15, 0.2) is 53.4 Å². The largest absolute Gasteiger partial charge is 0.497 e. The first-order valence-electron chi connectivity index (χ1n) is 8.44. The molecule has 2 aromatic carbocycles. The minimum absolute atomic E-state index is 0.139. The summed E-state index contributed by atoms with van der Waals surface area (Å²) in [5, 5.41) is -0.142. The lowest BCUT2D eigenvalue weighted by atomic mass is 10.3. The number of rotatable bonds is 6. The predicted octanol–water partition coefficient (Wildman–Crippen LogP) is 2.80. The first kappa shape index (κ1) is 19.5. The number of hydrogen-bond acceptors (Lipinski definition) is 5. The third-order valence-corrected chi connectivity index (χ3v) is 6.94. The van der Waals surface area contributed by atoms with E-state index in [1.807, 2.05) is 0 Å². The molecule has 6 nitrogen and oxygen atoms in total. The van der Waals surface area contributed by atoms with Crippen LogP contribution in [0, 0.1) is 0 Å². The van der Waals surface area contributed by atoms with Gasteiger partial charge in [0.1, 0.15) is 11.5 Å². The van der Waals surface area contributed by atoms with Crippen LogP contribution in [0.5, 0.6) is 11.5 Å². The van der Waals surface area contributed by atoms with Crippen molar-refractivity contribution in [1.82, 2.24) is 4.90 Å². The Morgan fingerprint density at radius 3 is 2.37 bits per heavy atom. The molecule has 1 atom stereocenters. The van der Waals surface area contributed by atoms with Gasteiger partial charge < -0.3 is 14.4 Å². The number of sulfone groups is 1. The van der Waals surface area contributed by atoms with Crippen molar-refractivity contribution in [2.75, 3.05) is 26.8 Å². The Morgan fingerprint density at radius 1 is 1.11 bits per heavy atom. The molecule has 0 N–H and O–H groups in total. The van der Waals surface area contributed by atoms with Crippen molar-refractivity contribution in [2.45, 2.75) is 16.6 Å². The van der Waals surface area contributed by atoms with Crippen LogP contribution in [0.2, 0.25) is 5.02 Å². The second-order valence-electron chi connectivity index (χ2n) is 6.21. The number of methoxy groups -OCH3 is 1. The molecule has 0 radical (unpaired) electrons. The average Bonchev–Trinajstić information content (AvgIpc) is 3.18. The zero-order valence-corrected chi connectivity index (χ0v) is 16.4. The summed E-state index contributed by atoms with van der Waals surface area (Å²) in [6, 6.07) is 13.0. The van der Waals surface area contributed by atoms with E-state index in [0.29, 0.717) is 29.5 Å². The molecule has 1 fully saturated rings. The summed E-state index contributed by atoms with van der Waals surface area (Å²) in [6.45, 7) is 0.415. The zero-order chi connectivity index (χ0) is 19.4. The molecule has 1 saturated heterocycles. The van der Waals surface area contributed by atoms with Crippen LogP contribution in [-0.4, -0.2) is 51.3 Å². The van der Waals surface area contributed by atoms with E-state index in [4.69, 9.17) is 21.1 Å². The molecule has 0 spiro atoms. The molecule has 2 aromatic rings. The summed E-state index contributed by atoms with van der Waals surface area (Å²) in [5.74, 6) is 1.01. The van der Waals surface area contributed by atoms with E-state index in [2.05, 4.69) is 0 Å². The topological polar surface area (TPSA) is 72.9 Å². The second-order valence-corrected chi connectivity index (χ2v) is 8.88. The van der Waals surface area contributed by atoms with Gasteiger partial charge in [0.25, 0.3) is 5.91 Å². The van der Waals surface area contributed by atoms with E-state index in [0.717, 1.165) is 0 Å². The Morgan fingerprint density at radius 2 is 1.74 bits per heavy atom. The van der Waals surface area contributed by atoms with Gasteiger partial charge in [-0.25, -0.2) is 8.42 Å². The van der Waals surface area contributed by atoms with E-state index in [-0.39, 0.29) is 24.0 Å². The maximum atomic E-state index is 12.7. The number of halogens is 1. The molecule has 3 rings (SSSR count). The van der Waals surface area contributed by atoms with Gasteiger partial charge in [-0.1, -0.05) is 11.6 Å². The molecule has 0 aromatic heterocycles. The molecule has 144 valence electrons. The van der Waals surface area contributed by atoms with Crippen LogP contribution in [0.1, 0.15) is 6.42 Å². The van der Waals surface area contributed by atoms with Gasteiger partial charge in [0.15, 0.2) is 16.4 Å². The first-order chi connectivity index (χ1) is 12.9. The highest BCUT2D eigenvalue weighted by atomic mass is 35.5. The number of amides is 1. The molecule has 1 heterocycles. The number of carbonyl (C=O) groups excluding carboxylic acids is 1. The minimum Gasteiger partial charge on any atom is -0.497 e. The Balaban J connectivity index is 1.58. The number of benzene rings is 2. The number of likely N-dealkylation sites (tertiary alicyclic amines) is 1. The van der Waals surface area contributed by atoms with Crippen LogP contribution in [-0.2, 0) is 14.6 Å². The molecule has 8 heteroatoms. The normalized spacial score (nSPS) is 17.0. The van der Waals surface area contributed by atoms with Crippen LogP contribution < -0.4 is 9.47 Å². The fraction of sp³-hybridized carbons (Fsp3) is 0.316. The van der Waals surface area contributed by atoms with Crippen molar-refractivity contribution < 1.29 is 22.7 Å². The third kappa shape index (κ3) is 4.54. The van der Waals surface area contributed by atoms with Gasteiger partial charge in [-0.15, -0.1) is 0 Å². The second kappa shape index (κ2) is 8.19. The summed E-state index contributed by atoms with van der Waals surface area (Å²) in [7, 11) is -1.93. The Hall–Kier alpha value is -2.25. The molecule has 0 saturated carbocycles. The Kier molecular flexibility index (Phi) is 5.92. The van der Waals surface area contributed by atoms with Gasteiger partial charge in [-0.3, -0.25) is 4.79 Å². The highest BCUT2D eigenvalue weighted by Gasteiger charge is 2.36. The maximum Gasteiger partial charge on any atom is 0.260 e. The first-order valence-corrected chi connectivity index (χ1v) is 10.4. The SMILES string of the molecule is COc1ccc(OCC(=O)N2CCC(S(=O)(=O)c3ccc(Cl)cc3)C2)cc1. The van der Waals surface area contributed by atoms with Crippen LogP contribution in [0.3, 0.4) is 0 Å². The lowest BCUT2D eigenvalue weighted by Gasteiger charge is -2.17. The number of carbonyl (C=O) groups is 1. The van der Waals surface area contributed by atoms with Crippen molar-refractivity contribution in [3.05, 3.63) is 53.6 Å². The maximum absolute atomic E-state index is 12.7. The zero-order valence-electron chi connectivity index (χ0n) is 14.8. The molecule has 1 aliphatic heterocycles. The van der Waals surface area contributed by atoms with Gasteiger partial charge >= 0.3 is 0 Å². The number of nitrogens with zero attached hydrogens (tertiary/aromatic N) is 1.